The highest BCUT2D eigenvalue weighted by Gasteiger charge is 1.83. The van der Waals surface area contributed by atoms with Gasteiger partial charge in [0.1, 0.15) is 18.4 Å². The van der Waals surface area contributed by atoms with Crippen molar-refractivity contribution in [1.29, 1.82) is 0 Å². The summed E-state index contributed by atoms with van der Waals surface area (Å²) >= 11 is 0. The maximum Gasteiger partial charge on any atom is 0.147 e. The van der Waals surface area contributed by atoms with Crippen LogP contribution < -0.4 is 0 Å². The second-order valence-corrected chi connectivity index (χ2v) is 1.68. The molecule has 0 aliphatic carbocycles. The summed E-state index contributed by atoms with van der Waals surface area (Å²) in [6.07, 6.45) is 6.09. The Hall–Kier alpha value is -1.45. The fourth-order valence-electron chi connectivity index (χ4n) is 0.530. The first-order valence-electron chi connectivity index (χ1n) is 2.89. The molecule has 0 radical (unpaired) electrons. The molecule has 0 amide bonds. The van der Waals surface area contributed by atoms with Gasteiger partial charge in [0.15, 0.2) is 0 Å². The number of hydrogen-bond acceptors (Lipinski definition) is 3. The lowest BCUT2D eigenvalue weighted by Crippen LogP contribution is -1.74. The summed E-state index contributed by atoms with van der Waals surface area (Å²) in [6.45, 7) is 0. The Morgan fingerprint density at radius 1 is 1.70 bits per heavy atom. The van der Waals surface area contributed by atoms with Crippen LogP contribution in [0.3, 0.4) is 0 Å². The van der Waals surface area contributed by atoms with Gasteiger partial charge < -0.3 is 4.79 Å². The minimum absolute atomic E-state index is 0.417. The molecular weight excluding hydrogens is 130 g/mol. The quantitative estimate of drug-likeness (QED) is 0.613. The van der Waals surface area contributed by atoms with Crippen molar-refractivity contribution in [3.05, 3.63) is 18.2 Å². The van der Waals surface area contributed by atoms with Crippen LogP contribution in [0, 0.1) is 0 Å². The van der Waals surface area contributed by atoms with Gasteiger partial charge in [-0.3, -0.25) is 5.10 Å². The Bertz CT molecular complexity index is 215. The first-order valence-corrected chi connectivity index (χ1v) is 2.89. The SMILES string of the molecule is O=CCC=Cc1ncn[nH]1. The largest absolute Gasteiger partial charge is 0.303 e. The number of rotatable bonds is 3. The first kappa shape index (κ1) is 6.67. The molecule has 0 saturated carbocycles. The van der Waals surface area contributed by atoms with E-state index in [4.69, 9.17) is 0 Å². The molecule has 4 nitrogen and oxygen atoms in total. The van der Waals surface area contributed by atoms with Gasteiger partial charge in [-0.05, 0) is 6.08 Å². The van der Waals surface area contributed by atoms with Crippen molar-refractivity contribution in [1.82, 2.24) is 15.2 Å². The molecule has 0 atom stereocenters. The lowest BCUT2D eigenvalue weighted by atomic mass is 10.4. The van der Waals surface area contributed by atoms with Crippen LogP contribution in [0.15, 0.2) is 12.4 Å². The van der Waals surface area contributed by atoms with Crippen LogP contribution in [0.1, 0.15) is 12.2 Å². The van der Waals surface area contributed by atoms with Gasteiger partial charge in [-0.25, -0.2) is 4.98 Å². The topological polar surface area (TPSA) is 58.6 Å². The molecule has 1 N–H and O–H groups in total. The Morgan fingerprint density at radius 3 is 3.20 bits per heavy atom. The zero-order valence-electron chi connectivity index (χ0n) is 5.32. The van der Waals surface area contributed by atoms with Crippen LogP contribution in [0.25, 0.3) is 6.08 Å². The third-order valence-corrected chi connectivity index (χ3v) is 0.942. The molecule has 52 valence electrons. The zero-order chi connectivity index (χ0) is 7.23. The standard InChI is InChI=1S/C6H7N3O/c10-4-2-1-3-6-7-5-8-9-6/h1,3-5H,2H2,(H,7,8,9). The summed E-state index contributed by atoms with van der Waals surface area (Å²) in [7, 11) is 0. The molecule has 0 unspecified atom stereocenters. The average Bonchev–Trinajstić information content (AvgIpc) is 2.41. The van der Waals surface area contributed by atoms with Gasteiger partial charge in [-0.15, -0.1) is 0 Å². The van der Waals surface area contributed by atoms with E-state index in [1.165, 1.54) is 6.33 Å². The van der Waals surface area contributed by atoms with E-state index >= 15 is 0 Å². The van der Waals surface area contributed by atoms with Crippen molar-refractivity contribution >= 4 is 12.4 Å². The number of nitrogens with zero attached hydrogens (tertiary/aromatic N) is 2. The van der Waals surface area contributed by atoms with Crippen molar-refractivity contribution in [2.45, 2.75) is 6.42 Å². The molecule has 4 heteroatoms. The van der Waals surface area contributed by atoms with E-state index in [1.807, 2.05) is 0 Å². The summed E-state index contributed by atoms with van der Waals surface area (Å²) in [5, 5.41) is 6.26. The van der Waals surface area contributed by atoms with Crippen LogP contribution in [0.4, 0.5) is 0 Å². The third kappa shape index (κ3) is 1.81. The normalized spacial score (nSPS) is 10.4. The predicted octanol–water partition coefficient (Wildman–Crippen LogP) is 0.407. The molecule has 1 aromatic rings. The zero-order valence-corrected chi connectivity index (χ0v) is 5.32. The van der Waals surface area contributed by atoms with Crippen LogP contribution in [-0.2, 0) is 4.79 Å². The smallest absolute Gasteiger partial charge is 0.147 e. The van der Waals surface area contributed by atoms with Crippen LogP contribution >= 0.6 is 0 Å². The summed E-state index contributed by atoms with van der Waals surface area (Å²) in [6, 6.07) is 0. The highest BCUT2D eigenvalue weighted by molar-refractivity contribution is 5.55. The molecule has 0 fully saturated rings. The summed E-state index contributed by atoms with van der Waals surface area (Å²) in [5.74, 6) is 0.668. The second-order valence-electron chi connectivity index (χ2n) is 1.68. The lowest BCUT2D eigenvalue weighted by Gasteiger charge is -1.77. The number of carbonyl (C=O) groups excluding carboxylic acids is 1. The lowest BCUT2D eigenvalue weighted by molar-refractivity contribution is -0.107. The van der Waals surface area contributed by atoms with Crippen molar-refractivity contribution in [2.24, 2.45) is 0 Å². The van der Waals surface area contributed by atoms with Gasteiger partial charge in [0.25, 0.3) is 0 Å². The molecule has 0 aromatic carbocycles. The minimum Gasteiger partial charge on any atom is -0.303 e. The van der Waals surface area contributed by atoms with Gasteiger partial charge in [0.2, 0.25) is 0 Å². The van der Waals surface area contributed by atoms with E-state index in [9.17, 15) is 4.79 Å². The molecular formula is C6H7N3O. The molecule has 1 aromatic heterocycles. The van der Waals surface area contributed by atoms with Crippen LogP contribution in [-0.4, -0.2) is 21.5 Å². The maximum absolute atomic E-state index is 9.84. The number of carbonyl (C=O) groups is 1. The van der Waals surface area contributed by atoms with Gasteiger partial charge >= 0.3 is 0 Å². The third-order valence-electron chi connectivity index (χ3n) is 0.942. The Kier molecular flexibility index (Phi) is 2.37. The Labute approximate surface area is 58.0 Å². The molecule has 1 rings (SSSR count). The molecule has 10 heavy (non-hydrogen) atoms. The van der Waals surface area contributed by atoms with Crippen molar-refractivity contribution in [2.75, 3.05) is 0 Å². The number of aromatic nitrogens is 3. The second kappa shape index (κ2) is 3.55. The van der Waals surface area contributed by atoms with Gasteiger partial charge in [-0.1, -0.05) is 6.08 Å². The number of allylic oxidation sites excluding steroid dienone is 1. The average molecular weight is 137 g/mol. The number of aromatic amines is 1. The molecule has 1 heterocycles. The highest BCUT2D eigenvalue weighted by Crippen LogP contribution is 1.89. The Balaban J connectivity index is 2.47. The molecule has 0 aliphatic heterocycles. The van der Waals surface area contributed by atoms with E-state index in [0.717, 1.165) is 6.29 Å². The van der Waals surface area contributed by atoms with Crippen LogP contribution in [0.5, 0.6) is 0 Å². The van der Waals surface area contributed by atoms with Gasteiger partial charge in [-0.2, -0.15) is 5.10 Å². The summed E-state index contributed by atoms with van der Waals surface area (Å²) < 4.78 is 0. The van der Waals surface area contributed by atoms with E-state index in [0.29, 0.717) is 12.2 Å². The number of aldehydes is 1. The molecule has 0 bridgehead atoms. The number of nitrogens with one attached hydrogen (secondary N) is 1. The van der Waals surface area contributed by atoms with E-state index in [2.05, 4.69) is 15.2 Å². The maximum atomic E-state index is 9.84. The number of H-pyrrole nitrogens is 1. The predicted molar refractivity (Wildman–Crippen MR) is 36.1 cm³/mol. The molecule has 0 spiro atoms. The van der Waals surface area contributed by atoms with Crippen LogP contribution in [0.2, 0.25) is 0 Å². The van der Waals surface area contributed by atoms with E-state index in [1.54, 1.807) is 12.2 Å². The number of hydrogen-bond donors (Lipinski definition) is 1. The first-order chi connectivity index (χ1) is 4.93. The summed E-state index contributed by atoms with van der Waals surface area (Å²) in [4.78, 5) is 13.7. The van der Waals surface area contributed by atoms with Gasteiger partial charge in [0, 0.05) is 6.42 Å². The monoisotopic (exact) mass is 137 g/mol. The van der Waals surface area contributed by atoms with Crippen molar-refractivity contribution < 1.29 is 4.79 Å². The van der Waals surface area contributed by atoms with E-state index in [-0.39, 0.29) is 0 Å². The molecule has 0 aliphatic rings. The Morgan fingerprint density at radius 2 is 2.60 bits per heavy atom. The van der Waals surface area contributed by atoms with Crippen molar-refractivity contribution in [3.8, 4) is 0 Å². The highest BCUT2D eigenvalue weighted by atomic mass is 16.1. The van der Waals surface area contributed by atoms with E-state index < -0.39 is 0 Å². The summed E-state index contributed by atoms with van der Waals surface area (Å²) in [5.41, 5.74) is 0. The fraction of sp³-hybridized carbons (Fsp3) is 0.167. The van der Waals surface area contributed by atoms with Gasteiger partial charge in [0.05, 0.1) is 0 Å². The minimum atomic E-state index is 0.417. The molecule has 0 saturated heterocycles. The van der Waals surface area contributed by atoms with Crippen molar-refractivity contribution in [3.63, 3.8) is 0 Å². The fourth-order valence-corrected chi connectivity index (χ4v) is 0.530.